The highest BCUT2D eigenvalue weighted by atomic mass is 16.3. The van der Waals surface area contributed by atoms with Crippen LogP contribution < -0.4 is 0 Å². The van der Waals surface area contributed by atoms with Gasteiger partial charge in [0, 0.05) is 6.42 Å². The topological polar surface area (TPSA) is 43.1 Å². The molecular formula is C12H11NO2. The van der Waals surface area contributed by atoms with E-state index in [1.54, 1.807) is 0 Å². The van der Waals surface area contributed by atoms with Crippen LogP contribution in [0.15, 0.2) is 41.0 Å². The highest BCUT2D eigenvalue weighted by Gasteiger charge is 2.02. The van der Waals surface area contributed by atoms with Crippen LogP contribution in [0.4, 0.5) is 0 Å². The Kier molecular flexibility index (Phi) is 2.93. The fraction of sp³-hybridized carbons (Fsp3) is 0.167. The van der Waals surface area contributed by atoms with Gasteiger partial charge >= 0.3 is 0 Å². The van der Waals surface area contributed by atoms with Crippen molar-refractivity contribution in [1.82, 2.24) is 4.98 Å². The van der Waals surface area contributed by atoms with Crippen molar-refractivity contribution in [3.8, 4) is 0 Å². The molecule has 0 aliphatic carbocycles. The first kappa shape index (κ1) is 9.65. The molecule has 3 nitrogen and oxygen atoms in total. The van der Waals surface area contributed by atoms with Crippen molar-refractivity contribution in [2.75, 3.05) is 0 Å². The second-order valence-electron chi connectivity index (χ2n) is 3.27. The molecule has 1 aromatic carbocycles. The minimum atomic E-state index is 0.359. The number of hydrogen-bond donors (Lipinski definition) is 0. The van der Waals surface area contributed by atoms with Gasteiger partial charge in [0.15, 0.2) is 12.2 Å². The Morgan fingerprint density at radius 1 is 1.20 bits per heavy atom. The van der Waals surface area contributed by atoms with Gasteiger partial charge < -0.3 is 4.42 Å². The summed E-state index contributed by atoms with van der Waals surface area (Å²) in [4.78, 5) is 14.4. The first-order valence-corrected chi connectivity index (χ1v) is 4.82. The van der Waals surface area contributed by atoms with Crippen LogP contribution in [0.5, 0.6) is 0 Å². The summed E-state index contributed by atoms with van der Waals surface area (Å²) >= 11 is 0. The van der Waals surface area contributed by atoms with Crippen LogP contribution >= 0.6 is 0 Å². The van der Waals surface area contributed by atoms with E-state index < -0.39 is 0 Å². The average Bonchev–Trinajstić information content (AvgIpc) is 2.76. The normalized spacial score (nSPS) is 10.1. The van der Waals surface area contributed by atoms with Crippen molar-refractivity contribution in [3.63, 3.8) is 0 Å². The number of oxazole rings is 1. The minimum Gasteiger partial charge on any atom is -0.448 e. The summed E-state index contributed by atoms with van der Waals surface area (Å²) in [5.74, 6) is 0.612. The van der Waals surface area contributed by atoms with E-state index in [2.05, 4.69) is 17.1 Å². The molecule has 2 aromatic rings. The van der Waals surface area contributed by atoms with Gasteiger partial charge in [-0.1, -0.05) is 30.3 Å². The Bertz CT molecular complexity index is 434. The summed E-state index contributed by atoms with van der Waals surface area (Å²) in [6.45, 7) is 0. The molecule has 2 rings (SSSR count). The van der Waals surface area contributed by atoms with E-state index in [0.717, 1.165) is 12.8 Å². The second-order valence-corrected chi connectivity index (χ2v) is 3.27. The smallest absolute Gasteiger partial charge is 0.194 e. The van der Waals surface area contributed by atoms with Gasteiger partial charge in [0.2, 0.25) is 0 Å². The minimum absolute atomic E-state index is 0.359. The molecule has 0 bridgehead atoms. The fourth-order valence-electron chi connectivity index (χ4n) is 1.39. The molecular weight excluding hydrogens is 190 g/mol. The van der Waals surface area contributed by atoms with Crippen LogP contribution in [-0.4, -0.2) is 11.3 Å². The molecule has 3 heteroatoms. The molecule has 0 radical (unpaired) electrons. The molecule has 0 atom stereocenters. The summed E-state index contributed by atoms with van der Waals surface area (Å²) in [6, 6.07) is 10.1. The summed E-state index contributed by atoms with van der Waals surface area (Å²) in [5.41, 5.74) is 1.60. The number of hydrogen-bond acceptors (Lipinski definition) is 3. The first-order chi connectivity index (χ1) is 7.38. The zero-order chi connectivity index (χ0) is 10.5. The van der Waals surface area contributed by atoms with E-state index in [1.807, 2.05) is 18.2 Å². The highest BCUT2D eigenvalue weighted by Crippen LogP contribution is 2.06. The van der Waals surface area contributed by atoms with Gasteiger partial charge in [0.25, 0.3) is 0 Å². The van der Waals surface area contributed by atoms with E-state index in [1.165, 1.54) is 11.8 Å². The molecule has 0 aliphatic rings. The number of aryl methyl sites for hydroxylation is 2. The molecule has 1 heterocycles. The van der Waals surface area contributed by atoms with Crippen molar-refractivity contribution in [2.24, 2.45) is 0 Å². The van der Waals surface area contributed by atoms with Gasteiger partial charge in [-0.2, -0.15) is 0 Å². The molecule has 15 heavy (non-hydrogen) atoms. The molecule has 0 N–H and O–H groups in total. The Balaban J connectivity index is 1.96. The third-order valence-electron chi connectivity index (χ3n) is 2.16. The van der Waals surface area contributed by atoms with Gasteiger partial charge in [-0.3, -0.25) is 4.79 Å². The summed E-state index contributed by atoms with van der Waals surface area (Å²) in [6.07, 6.45) is 3.67. The number of aldehydes is 1. The lowest BCUT2D eigenvalue weighted by molar-refractivity contribution is 0.111. The van der Waals surface area contributed by atoms with Crippen molar-refractivity contribution >= 4 is 6.29 Å². The maximum atomic E-state index is 10.4. The first-order valence-electron chi connectivity index (χ1n) is 4.82. The van der Waals surface area contributed by atoms with Crippen LogP contribution in [-0.2, 0) is 12.8 Å². The lowest BCUT2D eigenvalue weighted by Crippen LogP contribution is -1.91. The molecule has 0 saturated carbocycles. The number of benzene rings is 1. The number of carbonyl (C=O) groups excluding carboxylic acids is 1. The highest BCUT2D eigenvalue weighted by molar-refractivity contribution is 5.70. The Hall–Kier alpha value is -1.90. The van der Waals surface area contributed by atoms with Gasteiger partial charge in [0.05, 0.1) is 0 Å². The molecule has 0 saturated heterocycles. The van der Waals surface area contributed by atoms with E-state index in [-0.39, 0.29) is 0 Å². The van der Waals surface area contributed by atoms with E-state index in [9.17, 15) is 4.79 Å². The largest absolute Gasteiger partial charge is 0.448 e. The summed E-state index contributed by atoms with van der Waals surface area (Å²) < 4.78 is 5.13. The maximum absolute atomic E-state index is 10.4. The Labute approximate surface area is 87.8 Å². The van der Waals surface area contributed by atoms with E-state index in [0.29, 0.717) is 17.9 Å². The van der Waals surface area contributed by atoms with Crippen molar-refractivity contribution in [2.45, 2.75) is 12.8 Å². The number of carbonyl (C=O) groups is 1. The predicted molar refractivity (Wildman–Crippen MR) is 55.7 cm³/mol. The van der Waals surface area contributed by atoms with Gasteiger partial charge in [-0.15, -0.1) is 0 Å². The van der Waals surface area contributed by atoms with Crippen LogP contribution in [0.25, 0.3) is 0 Å². The number of nitrogens with zero attached hydrogens (tertiary/aromatic N) is 1. The molecule has 1 aromatic heterocycles. The molecule has 0 spiro atoms. The Morgan fingerprint density at radius 3 is 2.67 bits per heavy atom. The quantitative estimate of drug-likeness (QED) is 0.712. The average molecular weight is 201 g/mol. The lowest BCUT2D eigenvalue weighted by atomic mass is 10.1. The molecule has 0 aliphatic heterocycles. The second kappa shape index (κ2) is 4.55. The third-order valence-corrected chi connectivity index (χ3v) is 2.16. The zero-order valence-corrected chi connectivity index (χ0v) is 8.22. The van der Waals surface area contributed by atoms with Gasteiger partial charge in [-0.05, 0) is 12.0 Å². The van der Waals surface area contributed by atoms with Crippen molar-refractivity contribution in [1.29, 1.82) is 0 Å². The summed E-state index contributed by atoms with van der Waals surface area (Å²) in [7, 11) is 0. The number of rotatable bonds is 4. The third kappa shape index (κ3) is 2.53. The SMILES string of the molecule is O=Cc1coc(CCc2ccccc2)n1. The summed E-state index contributed by atoms with van der Waals surface area (Å²) in [5, 5.41) is 0. The molecule has 0 fully saturated rings. The monoisotopic (exact) mass is 201 g/mol. The van der Waals surface area contributed by atoms with Crippen LogP contribution in [0, 0.1) is 0 Å². The lowest BCUT2D eigenvalue weighted by Gasteiger charge is -1.96. The zero-order valence-electron chi connectivity index (χ0n) is 8.22. The van der Waals surface area contributed by atoms with Crippen LogP contribution in [0.1, 0.15) is 21.9 Å². The maximum Gasteiger partial charge on any atom is 0.194 e. The number of aromatic nitrogens is 1. The fourth-order valence-corrected chi connectivity index (χ4v) is 1.39. The van der Waals surface area contributed by atoms with E-state index >= 15 is 0 Å². The standard InChI is InChI=1S/C12H11NO2/c14-8-11-9-15-12(13-11)7-6-10-4-2-1-3-5-10/h1-5,8-9H,6-7H2. The molecule has 0 amide bonds. The van der Waals surface area contributed by atoms with Crippen LogP contribution in [0.2, 0.25) is 0 Å². The van der Waals surface area contributed by atoms with Crippen molar-refractivity contribution < 1.29 is 9.21 Å². The van der Waals surface area contributed by atoms with Crippen LogP contribution in [0.3, 0.4) is 0 Å². The van der Waals surface area contributed by atoms with Gasteiger partial charge in [-0.25, -0.2) is 4.98 Å². The predicted octanol–water partition coefficient (Wildman–Crippen LogP) is 2.27. The molecule has 76 valence electrons. The molecule has 0 unspecified atom stereocenters. The Morgan fingerprint density at radius 2 is 2.00 bits per heavy atom. The van der Waals surface area contributed by atoms with Gasteiger partial charge in [0.1, 0.15) is 12.0 Å². The van der Waals surface area contributed by atoms with E-state index in [4.69, 9.17) is 4.42 Å². The van der Waals surface area contributed by atoms with Crippen molar-refractivity contribution in [3.05, 3.63) is 53.7 Å².